The van der Waals surface area contributed by atoms with Crippen LogP contribution in [0.4, 0.5) is 0 Å². The molecule has 0 unspecified atom stereocenters. The minimum atomic E-state index is 1.13. The monoisotopic (exact) mass is 156 g/mol. The minimum Gasteiger partial charge on any atom is -0.103 e. The molecule has 0 heterocycles. The zero-order valence-corrected chi connectivity index (χ0v) is 8.69. The van der Waals surface area contributed by atoms with Gasteiger partial charge in [0.05, 0.1) is 0 Å². The summed E-state index contributed by atoms with van der Waals surface area (Å²) in [5, 5.41) is 0. The lowest BCUT2D eigenvalue weighted by Crippen LogP contribution is -1.59. The van der Waals surface area contributed by atoms with Gasteiger partial charge < -0.3 is 0 Å². The van der Waals surface area contributed by atoms with E-state index < -0.39 is 0 Å². The van der Waals surface area contributed by atoms with Gasteiger partial charge in [0.2, 0.25) is 0 Å². The maximum Gasteiger partial charge on any atom is -0.0417 e. The van der Waals surface area contributed by atoms with Crippen molar-refractivity contribution in [2.45, 2.75) is 53.4 Å². The topological polar surface area (TPSA) is 0 Å². The van der Waals surface area contributed by atoms with Crippen LogP contribution in [0.3, 0.4) is 0 Å². The van der Waals surface area contributed by atoms with E-state index in [9.17, 15) is 0 Å². The zero-order chi connectivity index (χ0) is 9.11. The average Bonchev–Trinajstić information content (AvgIpc) is 2.72. The summed E-state index contributed by atoms with van der Waals surface area (Å²) < 4.78 is 0. The van der Waals surface area contributed by atoms with Crippen LogP contribution in [0.5, 0.6) is 0 Å². The molecule has 0 N–H and O–H groups in total. The molecule has 0 aromatic carbocycles. The van der Waals surface area contributed by atoms with Crippen LogP contribution in [-0.2, 0) is 0 Å². The fourth-order valence-electron chi connectivity index (χ4n) is 0.526. The Balaban J connectivity index is 0. The van der Waals surface area contributed by atoms with E-state index in [4.69, 9.17) is 0 Å². The summed E-state index contributed by atoms with van der Waals surface area (Å²) in [6, 6.07) is 0. The summed E-state index contributed by atoms with van der Waals surface area (Å²) in [7, 11) is 0. The normalized spacial score (nSPS) is 13.5. The molecule has 1 rings (SSSR count). The van der Waals surface area contributed by atoms with E-state index in [1.165, 1.54) is 25.7 Å². The molecule has 1 aliphatic carbocycles. The third-order valence-corrected chi connectivity index (χ3v) is 1.27. The molecule has 0 aromatic rings. The smallest absolute Gasteiger partial charge is 0.0417 e. The molecule has 0 nitrogen and oxygen atoms in total. The first-order valence-corrected chi connectivity index (χ1v) is 4.83. The molecule has 68 valence electrons. The number of allylic oxidation sites excluding steroid dienone is 1. The summed E-state index contributed by atoms with van der Waals surface area (Å²) in [5.74, 6) is 1.13. The van der Waals surface area contributed by atoms with E-state index in [-0.39, 0.29) is 0 Å². The average molecular weight is 156 g/mol. The molecule has 0 spiro atoms. The molecule has 0 bridgehead atoms. The van der Waals surface area contributed by atoms with Gasteiger partial charge in [-0.3, -0.25) is 0 Å². The minimum absolute atomic E-state index is 1.13. The second-order valence-corrected chi connectivity index (χ2v) is 2.97. The first-order chi connectivity index (χ1) is 5.26. The molecule has 0 aromatic heterocycles. The van der Waals surface area contributed by atoms with E-state index in [0.29, 0.717) is 0 Å². The van der Waals surface area contributed by atoms with Crippen LogP contribution in [-0.4, -0.2) is 0 Å². The molecule has 11 heavy (non-hydrogen) atoms. The SMILES string of the molecule is C=CC.CCC.CCC1CC1. The van der Waals surface area contributed by atoms with Gasteiger partial charge in [0.1, 0.15) is 0 Å². The van der Waals surface area contributed by atoms with E-state index in [1.54, 1.807) is 6.08 Å². The predicted molar refractivity (Wildman–Crippen MR) is 54.9 cm³/mol. The maximum absolute atomic E-state index is 3.36. The summed E-state index contributed by atoms with van der Waals surface area (Å²) in [6.45, 7) is 11.8. The van der Waals surface area contributed by atoms with Crippen molar-refractivity contribution in [3.63, 3.8) is 0 Å². The molecule has 0 amide bonds. The van der Waals surface area contributed by atoms with Crippen molar-refractivity contribution in [2.24, 2.45) is 5.92 Å². The molecule has 0 radical (unpaired) electrons. The Kier molecular flexibility index (Phi) is 15.1. The predicted octanol–water partition coefficient (Wildman–Crippen LogP) is 4.42. The van der Waals surface area contributed by atoms with Crippen molar-refractivity contribution < 1.29 is 0 Å². The molecule has 0 atom stereocenters. The third-order valence-electron chi connectivity index (χ3n) is 1.27. The van der Waals surface area contributed by atoms with Crippen LogP contribution in [0.25, 0.3) is 0 Å². The van der Waals surface area contributed by atoms with Gasteiger partial charge in [-0.05, 0) is 12.8 Å². The molecular formula is C11H24. The number of hydrogen-bond acceptors (Lipinski definition) is 0. The number of hydrogen-bond donors (Lipinski definition) is 0. The van der Waals surface area contributed by atoms with Crippen molar-refractivity contribution in [1.82, 2.24) is 0 Å². The van der Waals surface area contributed by atoms with Crippen molar-refractivity contribution in [3.8, 4) is 0 Å². The lowest BCUT2D eigenvalue weighted by molar-refractivity contribution is 0.799. The summed E-state index contributed by atoms with van der Waals surface area (Å²) in [6.07, 6.45) is 7.44. The molecule has 0 heteroatoms. The Morgan fingerprint density at radius 3 is 1.55 bits per heavy atom. The second kappa shape index (κ2) is 12.4. The highest BCUT2D eigenvalue weighted by Crippen LogP contribution is 2.31. The maximum atomic E-state index is 3.36. The van der Waals surface area contributed by atoms with Crippen LogP contribution in [0.15, 0.2) is 12.7 Å². The molecular weight excluding hydrogens is 132 g/mol. The Morgan fingerprint density at radius 2 is 1.55 bits per heavy atom. The highest BCUT2D eigenvalue weighted by Gasteiger charge is 2.17. The van der Waals surface area contributed by atoms with Gasteiger partial charge in [0.25, 0.3) is 0 Å². The van der Waals surface area contributed by atoms with E-state index in [1.807, 2.05) is 6.92 Å². The summed E-state index contributed by atoms with van der Waals surface area (Å²) >= 11 is 0. The van der Waals surface area contributed by atoms with Crippen LogP contribution in [0, 0.1) is 5.92 Å². The summed E-state index contributed by atoms with van der Waals surface area (Å²) in [5.41, 5.74) is 0. The van der Waals surface area contributed by atoms with Crippen LogP contribution in [0.2, 0.25) is 0 Å². The Labute approximate surface area is 72.7 Å². The van der Waals surface area contributed by atoms with Gasteiger partial charge in [-0.15, -0.1) is 6.58 Å². The van der Waals surface area contributed by atoms with E-state index in [2.05, 4.69) is 27.4 Å². The van der Waals surface area contributed by atoms with Crippen LogP contribution >= 0.6 is 0 Å². The van der Waals surface area contributed by atoms with Gasteiger partial charge >= 0.3 is 0 Å². The number of rotatable bonds is 1. The molecule has 0 aliphatic heterocycles. The Hall–Kier alpha value is -0.260. The highest BCUT2D eigenvalue weighted by atomic mass is 14.2. The molecule has 0 saturated heterocycles. The highest BCUT2D eigenvalue weighted by molar-refractivity contribution is 4.69. The molecule has 1 aliphatic rings. The van der Waals surface area contributed by atoms with Crippen molar-refractivity contribution in [2.75, 3.05) is 0 Å². The Morgan fingerprint density at radius 1 is 1.27 bits per heavy atom. The fraction of sp³-hybridized carbons (Fsp3) is 0.818. The van der Waals surface area contributed by atoms with E-state index in [0.717, 1.165) is 5.92 Å². The van der Waals surface area contributed by atoms with Gasteiger partial charge in [-0.1, -0.05) is 52.5 Å². The molecule has 1 saturated carbocycles. The zero-order valence-electron chi connectivity index (χ0n) is 8.69. The second-order valence-electron chi connectivity index (χ2n) is 2.97. The van der Waals surface area contributed by atoms with E-state index >= 15 is 0 Å². The summed E-state index contributed by atoms with van der Waals surface area (Å²) in [4.78, 5) is 0. The van der Waals surface area contributed by atoms with Crippen LogP contribution < -0.4 is 0 Å². The van der Waals surface area contributed by atoms with Gasteiger partial charge in [-0.2, -0.15) is 0 Å². The first-order valence-electron chi connectivity index (χ1n) is 4.83. The largest absolute Gasteiger partial charge is 0.103 e. The van der Waals surface area contributed by atoms with Crippen molar-refractivity contribution in [1.29, 1.82) is 0 Å². The van der Waals surface area contributed by atoms with Gasteiger partial charge in [0, 0.05) is 0 Å². The lowest BCUT2D eigenvalue weighted by Gasteiger charge is -1.72. The van der Waals surface area contributed by atoms with Crippen molar-refractivity contribution in [3.05, 3.63) is 12.7 Å². The van der Waals surface area contributed by atoms with Crippen molar-refractivity contribution >= 4 is 0 Å². The quantitative estimate of drug-likeness (QED) is 0.493. The first kappa shape index (κ1) is 13.3. The third kappa shape index (κ3) is 26.0. The molecule has 1 fully saturated rings. The Bertz CT molecular complexity index is 60.4. The fourth-order valence-corrected chi connectivity index (χ4v) is 0.526. The standard InChI is InChI=1S/C5H10.C3H8.C3H6/c1-2-5-3-4-5;2*1-3-2/h5H,2-4H2,1H3;3H2,1-2H3;3H,1H2,2H3. The van der Waals surface area contributed by atoms with Crippen LogP contribution in [0.1, 0.15) is 53.4 Å². The van der Waals surface area contributed by atoms with Gasteiger partial charge in [-0.25, -0.2) is 0 Å². The van der Waals surface area contributed by atoms with Gasteiger partial charge in [0.15, 0.2) is 0 Å². The lowest BCUT2D eigenvalue weighted by atomic mass is 10.3.